The molecule has 1 aromatic carbocycles. The number of carbonyl (C=O) groups is 2. The Kier molecular flexibility index (Phi) is 6.88. The number of esters is 1. The molecule has 1 amide bonds. The number of nitrogens with zero attached hydrogens (tertiary/aromatic N) is 3. The fraction of sp³-hybridized carbons (Fsp3) is 0.368. The summed E-state index contributed by atoms with van der Waals surface area (Å²) < 4.78 is 10.0. The van der Waals surface area contributed by atoms with Crippen molar-refractivity contribution in [2.45, 2.75) is 0 Å². The van der Waals surface area contributed by atoms with E-state index >= 15 is 0 Å². The minimum atomic E-state index is -0.423. The van der Waals surface area contributed by atoms with Gasteiger partial charge in [-0.25, -0.2) is 14.8 Å². The van der Waals surface area contributed by atoms with Crippen molar-refractivity contribution in [1.82, 2.24) is 20.2 Å². The SMILES string of the molecule is COC(=O)c1cccc(Nc2ncc(C(=O)NCCN3CCOCC3)cn2)c1. The zero-order valence-corrected chi connectivity index (χ0v) is 15.7. The van der Waals surface area contributed by atoms with Crippen molar-refractivity contribution in [3.63, 3.8) is 0 Å². The maximum Gasteiger partial charge on any atom is 0.337 e. The van der Waals surface area contributed by atoms with Gasteiger partial charge in [-0.05, 0) is 18.2 Å². The van der Waals surface area contributed by atoms with Gasteiger partial charge in [-0.15, -0.1) is 0 Å². The van der Waals surface area contributed by atoms with Gasteiger partial charge in [-0.1, -0.05) is 6.07 Å². The van der Waals surface area contributed by atoms with E-state index in [1.54, 1.807) is 24.3 Å². The van der Waals surface area contributed by atoms with Crippen LogP contribution in [-0.2, 0) is 9.47 Å². The standard InChI is InChI=1S/C19H23N5O4/c1-27-18(26)14-3-2-4-16(11-14)23-19-21-12-15(13-22-19)17(25)20-5-6-24-7-9-28-10-8-24/h2-4,11-13H,5-10H2,1H3,(H,20,25)(H,21,22,23). The third kappa shape index (κ3) is 5.48. The summed E-state index contributed by atoms with van der Waals surface area (Å²) in [6.45, 7) is 4.58. The predicted molar refractivity (Wildman–Crippen MR) is 103 cm³/mol. The predicted octanol–water partition coefficient (Wildman–Crippen LogP) is 1.07. The lowest BCUT2D eigenvalue weighted by Gasteiger charge is -2.26. The molecule has 9 heteroatoms. The van der Waals surface area contributed by atoms with Gasteiger partial charge in [-0.3, -0.25) is 9.69 Å². The molecule has 9 nitrogen and oxygen atoms in total. The number of hydrogen-bond donors (Lipinski definition) is 2. The first-order valence-corrected chi connectivity index (χ1v) is 9.01. The van der Waals surface area contributed by atoms with Crippen molar-refractivity contribution in [1.29, 1.82) is 0 Å². The van der Waals surface area contributed by atoms with Gasteiger partial charge in [0.05, 0.1) is 31.5 Å². The number of carbonyl (C=O) groups excluding carboxylic acids is 2. The van der Waals surface area contributed by atoms with Crippen molar-refractivity contribution in [2.24, 2.45) is 0 Å². The van der Waals surface area contributed by atoms with E-state index in [9.17, 15) is 9.59 Å². The molecule has 2 heterocycles. The third-order valence-corrected chi connectivity index (χ3v) is 4.27. The molecule has 0 aliphatic carbocycles. The van der Waals surface area contributed by atoms with Gasteiger partial charge in [0.25, 0.3) is 5.91 Å². The summed E-state index contributed by atoms with van der Waals surface area (Å²) >= 11 is 0. The van der Waals surface area contributed by atoms with E-state index in [-0.39, 0.29) is 5.91 Å². The maximum absolute atomic E-state index is 12.2. The molecule has 1 aliphatic heterocycles. The first-order valence-electron chi connectivity index (χ1n) is 9.01. The summed E-state index contributed by atoms with van der Waals surface area (Å²) in [5, 5.41) is 5.86. The van der Waals surface area contributed by atoms with Crippen LogP contribution in [0.4, 0.5) is 11.6 Å². The molecule has 2 N–H and O–H groups in total. The highest BCUT2D eigenvalue weighted by Crippen LogP contribution is 2.15. The summed E-state index contributed by atoms with van der Waals surface area (Å²) in [7, 11) is 1.33. The van der Waals surface area contributed by atoms with Crippen molar-refractivity contribution in [2.75, 3.05) is 51.8 Å². The molecular formula is C19H23N5O4. The zero-order chi connectivity index (χ0) is 19.8. The lowest BCUT2D eigenvalue weighted by Crippen LogP contribution is -2.41. The van der Waals surface area contributed by atoms with E-state index in [1.165, 1.54) is 19.5 Å². The Morgan fingerprint density at radius 1 is 1.18 bits per heavy atom. The monoisotopic (exact) mass is 385 g/mol. The van der Waals surface area contributed by atoms with Crippen LogP contribution in [0.25, 0.3) is 0 Å². The molecule has 1 saturated heterocycles. The molecule has 0 unspecified atom stereocenters. The number of anilines is 2. The van der Waals surface area contributed by atoms with Crippen molar-refractivity contribution in [3.05, 3.63) is 47.8 Å². The molecule has 0 radical (unpaired) electrons. The number of aromatic nitrogens is 2. The zero-order valence-electron chi connectivity index (χ0n) is 15.7. The summed E-state index contributed by atoms with van der Waals surface area (Å²) in [5.41, 5.74) is 1.45. The number of morpholine rings is 1. The Labute approximate surface area is 163 Å². The number of benzene rings is 1. The highest BCUT2D eigenvalue weighted by molar-refractivity contribution is 5.93. The second-order valence-corrected chi connectivity index (χ2v) is 6.20. The van der Waals surface area contributed by atoms with Gasteiger partial charge in [-0.2, -0.15) is 0 Å². The van der Waals surface area contributed by atoms with Crippen LogP contribution in [0.2, 0.25) is 0 Å². The molecule has 28 heavy (non-hydrogen) atoms. The quantitative estimate of drug-likeness (QED) is 0.682. The lowest BCUT2D eigenvalue weighted by atomic mass is 10.2. The van der Waals surface area contributed by atoms with Gasteiger partial charge < -0.3 is 20.1 Å². The van der Waals surface area contributed by atoms with Crippen molar-refractivity contribution in [3.8, 4) is 0 Å². The fourth-order valence-corrected chi connectivity index (χ4v) is 2.74. The Balaban J connectivity index is 1.51. The van der Waals surface area contributed by atoms with Gasteiger partial charge in [0.1, 0.15) is 0 Å². The third-order valence-electron chi connectivity index (χ3n) is 4.27. The van der Waals surface area contributed by atoms with Crippen LogP contribution in [0, 0.1) is 0 Å². The highest BCUT2D eigenvalue weighted by Gasteiger charge is 2.12. The van der Waals surface area contributed by atoms with Crippen LogP contribution in [0.3, 0.4) is 0 Å². The molecule has 0 spiro atoms. The molecule has 0 atom stereocenters. The second kappa shape index (κ2) is 9.77. The van der Waals surface area contributed by atoms with Crippen LogP contribution >= 0.6 is 0 Å². The van der Waals surface area contributed by atoms with Gasteiger partial charge in [0, 0.05) is 44.3 Å². The fourth-order valence-electron chi connectivity index (χ4n) is 2.74. The number of methoxy groups -OCH3 is 1. The molecule has 2 aromatic rings. The van der Waals surface area contributed by atoms with Crippen molar-refractivity contribution >= 4 is 23.5 Å². The minimum absolute atomic E-state index is 0.215. The van der Waals surface area contributed by atoms with Crippen molar-refractivity contribution < 1.29 is 19.1 Å². The summed E-state index contributed by atoms with van der Waals surface area (Å²) in [6.07, 6.45) is 2.92. The van der Waals surface area contributed by atoms with Crippen LogP contribution in [-0.4, -0.2) is 73.2 Å². The van der Waals surface area contributed by atoms with E-state index in [2.05, 4.69) is 25.5 Å². The van der Waals surface area contributed by atoms with E-state index in [0.29, 0.717) is 29.3 Å². The van der Waals surface area contributed by atoms with E-state index in [4.69, 9.17) is 9.47 Å². The molecule has 1 aliphatic rings. The Hall–Kier alpha value is -3.04. The Morgan fingerprint density at radius 3 is 2.64 bits per heavy atom. The topological polar surface area (TPSA) is 106 Å². The van der Waals surface area contributed by atoms with Crippen LogP contribution < -0.4 is 10.6 Å². The average molecular weight is 385 g/mol. The van der Waals surface area contributed by atoms with E-state index < -0.39 is 5.97 Å². The smallest absolute Gasteiger partial charge is 0.337 e. The number of nitrogens with one attached hydrogen (secondary N) is 2. The van der Waals surface area contributed by atoms with Gasteiger partial charge in [0.15, 0.2) is 0 Å². The first-order chi connectivity index (χ1) is 13.7. The molecule has 1 aromatic heterocycles. The maximum atomic E-state index is 12.2. The lowest BCUT2D eigenvalue weighted by molar-refractivity contribution is 0.0383. The molecule has 148 valence electrons. The Morgan fingerprint density at radius 2 is 1.93 bits per heavy atom. The van der Waals surface area contributed by atoms with Crippen LogP contribution in [0.5, 0.6) is 0 Å². The van der Waals surface area contributed by atoms with Crippen LogP contribution in [0.1, 0.15) is 20.7 Å². The van der Waals surface area contributed by atoms with Crippen LogP contribution in [0.15, 0.2) is 36.7 Å². The largest absolute Gasteiger partial charge is 0.465 e. The van der Waals surface area contributed by atoms with Gasteiger partial charge in [0.2, 0.25) is 5.95 Å². The molecule has 3 rings (SSSR count). The number of amides is 1. The summed E-state index contributed by atoms with van der Waals surface area (Å²) in [5.74, 6) is -0.312. The normalized spacial score (nSPS) is 14.3. The number of ether oxygens (including phenoxy) is 2. The Bertz CT molecular complexity index is 806. The van der Waals surface area contributed by atoms with E-state index in [1.807, 2.05) is 0 Å². The molecule has 0 bridgehead atoms. The minimum Gasteiger partial charge on any atom is -0.465 e. The summed E-state index contributed by atoms with van der Waals surface area (Å²) in [4.78, 5) is 34.4. The first kappa shape index (κ1) is 19.7. The second-order valence-electron chi connectivity index (χ2n) is 6.20. The number of hydrogen-bond acceptors (Lipinski definition) is 8. The molecular weight excluding hydrogens is 362 g/mol. The summed E-state index contributed by atoms with van der Waals surface area (Å²) in [6, 6.07) is 6.80. The van der Waals surface area contributed by atoms with E-state index in [0.717, 1.165) is 32.8 Å². The average Bonchev–Trinajstić information content (AvgIpc) is 2.74. The number of rotatable bonds is 7. The van der Waals surface area contributed by atoms with Gasteiger partial charge >= 0.3 is 5.97 Å². The highest BCUT2D eigenvalue weighted by atomic mass is 16.5. The molecule has 1 fully saturated rings. The molecule has 0 saturated carbocycles.